The standard InChI is InChI=1S/C16H17N5O2S2/c1-3-10-24-15-19-18-14(25-15)17-13(22)8-9-21-12-7-5-4-6-11(12)20(2)16(21)23/h3-7H,1,8-10H2,2H3,(H,17,18,22). The maximum absolute atomic E-state index is 12.3. The molecule has 130 valence electrons. The average Bonchev–Trinajstić information content (AvgIpc) is 3.15. The fourth-order valence-corrected chi connectivity index (χ4v) is 3.95. The molecule has 25 heavy (non-hydrogen) atoms. The second kappa shape index (κ2) is 7.66. The molecule has 0 aliphatic heterocycles. The predicted octanol–water partition coefficient (Wildman–Crippen LogP) is 2.50. The quantitative estimate of drug-likeness (QED) is 0.390. The van der Waals surface area contributed by atoms with Crippen molar-refractivity contribution in [2.45, 2.75) is 17.3 Å². The Kier molecular flexibility index (Phi) is 5.34. The van der Waals surface area contributed by atoms with E-state index < -0.39 is 0 Å². The molecule has 0 atom stereocenters. The largest absolute Gasteiger partial charge is 0.328 e. The first kappa shape index (κ1) is 17.4. The lowest BCUT2D eigenvalue weighted by atomic mass is 10.3. The van der Waals surface area contributed by atoms with Crippen molar-refractivity contribution >= 4 is 45.2 Å². The van der Waals surface area contributed by atoms with Gasteiger partial charge in [-0.05, 0) is 12.1 Å². The number of benzene rings is 1. The molecular formula is C16H17N5O2S2. The molecule has 2 heterocycles. The molecule has 0 fully saturated rings. The molecule has 9 heteroatoms. The van der Waals surface area contributed by atoms with E-state index in [1.807, 2.05) is 24.3 Å². The third-order valence-corrected chi connectivity index (χ3v) is 5.56. The molecule has 0 saturated heterocycles. The van der Waals surface area contributed by atoms with E-state index in [1.165, 1.54) is 23.1 Å². The van der Waals surface area contributed by atoms with Crippen molar-refractivity contribution < 1.29 is 4.79 Å². The minimum Gasteiger partial charge on any atom is -0.300 e. The van der Waals surface area contributed by atoms with Crippen molar-refractivity contribution in [1.29, 1.82) is 0 Å². The van der Waals surface area contributed by atoms with Crippen molar-refractivity contribution in [2.24, 2.45) is 7.05 Å². The topological polar surface area (TPSA) is 81.8 Å². The van der Waals surface area contributed by atoms with Crippen molar-refractivity contribution in [2.75, 3.05) is 11.1 Å². The SMILES string of the molecule is C=CCSc1nnc(NC(=O)CCn2c(=O)n(C)c3ccccc32)s1. The lowest BCUT2D eigenvalue weighted by molar-refractivity contribution is -0.116. The van der Waals surface area contributed by atoms with Crippen molar-refractivity contribution in [1.82, 2.24) is 19.3 Å². The second-order valence-electron chi connectivity index (χ2n) is 5.25. The summed E-state index contributed by atoms with van der Waals surface area (Å²) in [5, 5.41) is 11.1. The fraction of sp³-hybridized carbons (Fsp3) is 0.250. The van der Waals surface area contributed by atoms with Gasteiger partial charge in [0.2, 0.25) is 11.0 Å². The zero-order chi connectivity index (χ0) is 17.8. The van der Waals surface area contributed by atoms with Crippen LogP contribution in [0.5, 0.6) is 0 Å². The van der Waals surface area contributed by atoms with Gasteiger partial charge >= 0.3 is 5.69 Å². The van der Waals surface area contributed by atoms with Gasteiger partial charge in [-0.2, -0.15) is 0 Å². The molecule has 0 aliphatic carbocycles. The first-order valence-electron chi connectivity index (χ1n) is 7.61. The Hall–Kier alpha value is -2.39. The van der Waals surface area contributed by atoms with E-state index in [4.69, 9.17) is 0 Å². The fourth-order valence-electron chi connectivity index (χ4n) is 2.42. The molecule has 3 rings (SSSR count). The normalized spacial score (nSPS) is 10.9. The Labute approximate surface area is 152 Å². The maximum Gasteiger partial charge on any atom is 0.328 e. The van der Waals surface area contributed by atoms with E-state index in [0.29, 0.717) is 11.7 Å². The van der Waals surface area contributed by atoms with E-state index in [1.54, 1.807) is 22.3 Å². The zero-order valence-corrected chi connectivity index (χ0v) is 15.3. The highest BCUT2D eigenvalue weighted by Crippen LogP contribution is 2.25. The Morgan fingerprint density at radius 3 is 2.88 bits per heavy atom. The van der Waals surface area contributed by atoms with Crippen LogP contribution in [0.15, 0.2) is 46.1 Å². The van der Waals surface area contributed by atoms with E-state index in [0.717, 1.165) is 21.1 Å². The van der Waals surface area contributed by atoms with Crippen molar-refractivity contribution in [3.05, 3.63) is 47.4 Å². The number of para-hydroxylation sites is 2. The summed E-state index contributed by atoms with van der Waals surface area (Å²) in [6.45, 7) is 3.96. The summed E-state index contributed by atoms with van der Waals surface area (Å²) in [6.07, 6.45) is 1.97. The Morgan fingerprint density at radius 2 is 2.12 bits per heavy atom. The van der Waals surface area contributed by atoms with Gasteiger partial charge in [-0.1, -0.05) is 41.3 Å². The molecule has 1 N–H and O–H groups in total. The predicted molar refractivity (Wildman–Crippen MR) is 101 cm³/mol. The molecule has 0 saturated carbocycles. The van der Waals surface area contributed by atoms with Crippen molar-refractivity contribution in [3.8, 4) is 0 Å². The number of aryl methyl sites for hydroxylation is 2. The molecule has 1 amide bonds. The number of carbonyl (C=O) groups excluding carboxylic acids is 1. The highest BCUT2D eigenvalue weighted by Gasteiger charge is 2.13. The minimum atomic E-state index is -0.198. The Morgan fingerprint density at radius 1 is 1.36 bits per heavy atom. The third kappa shape index (κ3) is 3.83. The van der Waals surface area contributed by atoms with Gasteiger partial charge in [0.15, 0.2) is 4.34 Å². The number of carbonyl (C=O) groups is 1. The van der Waals surface area contributed by atoms with Crippen LogP contribution in [0, 0.1) is 0 Å². The first-order chi connectivity index (χ1) is 12.1. The van der Waals surface area contributed by atoms with E-state index in [9.17, 15) is 9.59 Å². The number of hydrogen-bond acceptors (Lipinski definition) is 6. The first-order valence-corrected chi connectivity index (χ1v) is 9.41. The smallest absolute Gasteiger partial charge is 0.300 e. The molecule has 0 unspecified atom stereocenters. The molecular weight excluding hydrogens is 358 g/mol. The summed E-state index contributed by atoms with van der Waals surface area (Å²) < 4.78 is 3.97. The molecule has 0 aliphatic rings. The van der Waals surface area contributed by atoms with Gasteiger partial charge in [0, 0.05) is 25.8 Å². The van der Waals surface area contributed by atoms with Gasteiger partial charge in [-0.25, -0.2) is 4.79 Å². The molecule has 3 aromatic rings. The number of nitrogens with one attached hydrogen (secondary N) is 1. The summed E-state index contributed by atoms with van der Waals surface area (Å²) in [5.74, 6) is 0.545. The van der Waals surface area contributed by atoms with Crippen LogP contribution >= 0.6 is 23.1 Å². The van der Waals surface area contributed by atoms with E-state index in [2.05, 4.69) is 22.1 Å². The highest BCUT2D eigenvalue weighted by molar-refractivity contribution is 8.01. The summed E-state index contributed by atoms with van der Waals surface area (Å²) >= 11 is 2.83. The maximum atomic E-state index is 12.3. The number of rotatable bonds is 7. The molecule has 0 bridgehead atoms. The van der Waals surface area contributed by atoms with E-state index >= 15 is 0 Å². The molecule has 0 radical (unpaired) electrons. The summed E-state index contributed by atoms with van der Waals surface area (Å²) in [5.41, 5.74) is 1.54. The highest BCUT2D eigenvalue weighted by atomic mass is 32.2. The van der Waals surface area contributed by atoms with Crippen LogP contribution in [0.25, 0.3) is 11.0 Å². The molecule has 7 nitrogen and oxygen atoms in total. The monoisotopic (exact) mass is 375 g/mol. The number of imidazole rings is 1. The molecule has 1 aromatic carbocycles. The summed E-state index contributed by atoms with van der Waals surface area (Å²) in [4.78, 5) is 24.5. The Bertz CT molecular complexity index is 972. The zero-order valence-electron chi connectivity index (χ0n) is 13.6. The second-order valence-corrected chi connectivity index (χ2v) is 7.50. The number of anilines is 1. The lowest BCUT2D eigenvalue weighted by Crippen LogP contribution is -2.24. The molecule has 2 aromatic heterocycles. The van der Waals surface area contributed by atoms with Gasteiger partial charge < -0.3 is 5.32 Å². The van der Waals surface area contributed by atoms with Crippen LogP contribution in [0.3, 0.4) is 0 Å². The number of nitrogens with zero attached hydrogens (tertiary/aromatic N) is 4. The number of thioether (sulfide) groups is 1. The van der Waals surface area contributed by atoms with Gasteiger partial charge in [-0.3, -0.25) is 13.9 Å². The third-order valence-electron chi connectivity index (χ3n) is 3.59. The van der Waals surface area contributed by atoms with E-state index in [-0.39, 0.29) is 18.0 Å². The van der Waals surface area contributed by atoms with Crippen LogP contribution in [-0.4, -0.2) is 31.0 Å². The molecule has 0 spiro atoms. The number of fused-ring (bicyclic) bond motifs is 1. The summed E-state index contributed by atoms with van der Waals surface area (Å²) in [6, 6.07) is 7.53. The van der Waals surface area contributed by atoms with Gasteiger partial charge in [0.1, 0.15) is 0 Å². The van der Waals surface area contributed by atoms with Gasteiger partial charge in [0.25, 0.3) is 0 Å². The number of aromatic nitrogens is 4. The van der Waals surface area contributed by atoms with Crippen LogP contribution in [0.1, 0.15) is 6.42 Å². The Balaban J connectivity index is 1.65. The average molecular weight is 375 g/mol. The minimum absolute atomic E-state index is 0.131. The van der Waals surface area contributed by atoms with Crippen LogP contribution in [0.4, 0.5) is 5.13 Å². The van der Waals surface area contributed by atoms with Crippen LogP contribution < -0.4 is 11.0 Å². The summed E-state index contributed by atoms with van der Waals surface area (Å²) in [7, 11) is 1.73. The van der Waals surface area contributed by atoms with Crippen molar-refractivity contribution in [3.63, 3.8) is 0 Å². The number of hydrogen-bond donors (Lipinski definition) is 1. The lowest BCUT2D eigenvalue weighted by Gasteiger charge is -2.03. The van der Waals surface area contributed by atoms with Gasteiger partial charge in [0.05, 0.1) is 11.0 Å². The van der Waals surface area contributed by atoms with Crippen LogP contribution in [0.2, 0.25) is 0 Å². The van der Waals surface area contributed by atoms with Crippen LogP contribution in [-0.2, 0) is 18.4 Å². The van der Waals surface area contributed by atoms with Gasteiger partial charge in [-0.15, -0.1) is 16.8 Å². The number of amides is 1.